The van der Waals surface area contributed by atoms with Crippen molar-refractivity contribution in [2.24, 2.45) is 0 Å². The number of carbonyl (C=O) groups excluding carboxylic acids is 1. The molecule has 25 heavy (non-hydrogen) atoms. The molecule has 0 saturated heterocycles. The fraction of sp³-hybridized carbons (Fsp3) is 0.474. The summed E-state index contributed by atoms with van der Waals surface area (Å²) in [6.07, 6.45) is 8.47. The zero-order valence-electron chi connectivity index (χ0n) is 14.3. The van der Waals surface area contributed by atoms with Crippen molar-refractivity contribution >= 4 is 29.1 Å². The van der Waals surface area contributed by atoms with Gasteiger partial charge >= 0.3 is 0 Å². The van der Waals surface area contributed by atoms with Gasteiger partial charge in [-0.1, -0.05) is 42.5 Å². The molecule has 0 spiro atoms. The number of benzene rings is 1. The predicted octanol–water partition coefficient (Wildman–Crippen LogP) is 5.37. The third-order valence-electron chi connectivity index (χ3n) is 4.82. The van der Waals surface area contributed by atoms with Crippen molar-refractivity contribution in [3.8, 4) is 11.3 Å². The van der Waals surface area contributed by atoms with Gasteiger partial charge in [0, 0.05) is 36.5 Å². The number of rotatable bonds is 5. The quantitative estimate of drug-likeness (QED) is 0.699. The second-order valence-corrected chi connectivity index (χ2v) is 7.38. The fourth-order valence-corrected chi connectivity index (χ4v) is 3.80. The van der Waals surface area contributed by atoms with Gasteiger partial charge in [-0.05, 0) is 31.0 Å². The first kappa shape index (κ1) is 18.3. The van der Waals surface area contributed by atoms with Crippen molar-refractivity contribution in [2.45, 2.75) is 51.0 Å². The molecule has 0 radical (unpaired) electrons. The Kier molecular flexibility index (Phi) is 6.02. The number of amides is 1. The minimum Gasteiger partial charge on any atom is -0.441 e. The molecule has 0 unspecified atom stereocenters. The van der Waals surface area contributed by atoms with E-state index < -0.39 is 0 Å². The first-order valence-electron chi connectivity index (χ1n) is 8.70. The molecular weight excluding hydrogens is 359 g/mol. The van der Waals surface area contributed by atoms with Crippen LogP contribution in [-0.2, 0) is 11.2 Å². The molecule has 1 amide bonds. The summed E-state index contributed by atoms with van der Waals surface area (Å²) in [5.74, 6) is 1.28. The maximum Gasteiger partial charge on any atom is 0.223 e. The third kappa shape index (κ3) is 4.56. The monoisotopic (exact) mass is 380 g/mol. The maximum absolute atomic E-state index is 12.4. The van der Waals surface area contributed by atoms with Gasteiger partial charge in [0.05, 0.1) is 11.2 Å². The number of hydrogen-bond acceptors (Lipinski definition) is 3. The number of oxazole rings is 1. The van der Waals surface area contributed by atoms with Crippen LogP contribution < -0.4 is 0 Å². The van der Waals surface area contributed by atoms with Gasteiger partial charge in [-0.15, -0.1) is 0 Å². The number of aromatic nitrogens is 1. The molecule has 1 saturated carbocycles. The normalized spacial score (nSPS) is 15.3. The molecule has 3 rings (SSSR count). The Bertz CT molecular complexity index is 739. The Morgan fingerprint density at radius 3 is 2.76 bits per heavy atom. The smallest absolute Gasteiger partial charge is 0.223 e. The van der Waals surface area contributed by atoms with Gasteiger partial charge in [-0.2, -0.15) is 0 Å². The molecule has 134 valence electrons. The summed E-state index contributed by atoms with van der Waals surface area (Å²) < 4.78 is 5.76. The van der Waals surface area contributed by atoms with E-state index in [-0.39, 0.29) is 5.91 Å². The number of carbonyl (C=O) groups is 1. The van der Waals surface area contributed by atoms with Crippen molar-refractivity contribution < 1.29 is 9.21 Å². The van der Waals surface area contributed by atoms with E-state index in [1.807, 2.05) is 11.9 Å². The Balaban J connectivity index is 1.59. The average Bonchev–Trinajstić information content (AvgIpc) is 3.08. The largest absolute Gasteiger partial charge is 0.441 e. The van der Waals surface area contributed by atoms with Crippen molar-refractivity contribution in [3.05, 3.63) is 40.3 Å². The molecule has 1 aliphatic carbocycles. The summed E-state index contributed by atoms with van der Waals surface area (Å²) in [5, 5.41) is 1.09. The molecule has 1 aromatic heterocycles. The summed E-state index contributed by atoms with van der Waals surface area (Å²) in [5.41, 5.74) is 0.746. The summed E-state index contributed by atoms with van der Waals surface area (Å²) in [6.45, 7) is 0. The average molecular weight is 381 g/mol. The van der Waals surface area contributed by atoms with Gasteiger partial charge in [-0.25, -0.2) is 4.98 Å². The number of aryl methyl sites for hydroxylation is 1. The first-order valence-corrected chi connectivity index (χ1v) is 9.46. The summed E-state index contributed by atoms with van der Waals surface area (Å²) in [7, 11) is 1.91. The van der Waals surface area contributed by atoms with Crippen LogP contribution in [0, 0.1) is 0 Å². The Morgan fingerprint density at radius 2 is 2.04 bits per heavy atom. The fourth-order valence-electron chi connectivity index (χ4n) is 3.30. The van der Waals surface area contributed by atoms with Crippen LogP contribution in [0.2, 0.25) is 10.0 Å². The molecule has 6 heteroatoms. The SMILES string of the molecule is CN(C(=O)CCc1ncc(-c2ccc(Cl)cc2Cl)o1)C1CCCCC1. The lowest BCUT2D eigenvalue weighted by molar-refractivity contribution is -0.132. The second-order valence-electron chi connectivity index (χ2n) is 6.54. The minimum atomic E-state index is 0.149. The van der Waals surface area contributed by atoms with Crippen LogP contribution in [0.15, 0.2) is 28.8 Å². The lowest BCUT2D eigenvalue weighted by Gasteiger charge is -2.31. The number of hydrogen-bond donors (Lipinski definition) is 0. The first-order chi connectivity index (χ1) is 12.0. The molecule has 0 atom stereocenters. The van der Waals surface area contributed by atoms with Crippen LogP contribution in [-0.4, -0.2) is 28.9 Å². The van der Waals surface area contributed by atoms with E-state index in [0.717, 1.165) is 18.4 Å². The lowest BCUT2D eigenvalue weighted by Crippen LogP contribution is -2.38. The molecular formula is C19H22Cl2N2O2. The molecule has 1 fully saturated rings. The van der Waals surface area contributed by atoms with Gasteiger partial charge in [0.25, 0.3) is 0 Å². The van der Waals surface area contributed by atoms with E-state index in [4.69, 9.17) is 27.6 Å². The molecule has 0 aliphatic heterocycles. The van der Waals surface area contributed by atoms with Crippen molar-refractivity contribution in [2.75, 3.05) is 7.05 Å². The third-order valence-corrected chi connectivity index (χ3v) is 5.37. The summed E-state index contributed by atoms with van der Waals surface area (Å²) in [6, 6.07) is 5.61. The Hall–Kier alpha value is -1.52. The van der Waals surface area contributed by atoms with E-state index >= 15 is 0 Å². The van der Waals surface area contributed by atoms with E-state index in [1.165, 1.54) is 19.3 Å². The highest BCUT2D eigenvalue weighted by molar-refractivity contribution is 6.36. The van der Waals surface area contributed by atoms with Crippen molar-refractivity contribution in [3.63, 3.8) is 0 Å². The van der Waals surface area contributed by atoms with Crippen LogP contribution in [0.5, 0.6) is 0 Å². The highest BCUT2D eigenvalue weighted by Crippen LogP contribution is 2.31. The minimum absolute atomic E-state index is 0.149. The van der Waals surface area contributed by atoms with Crippen LogP contribution in [0.4, 0.5) is 0 Å². The van der Waals surface area contributed by atoms with Gasteiger partial charge in [-0.3, -0.25) is 4.79 Å². The van der Waals surface area contributed by atoms with E-state index in [1.54, 1.807) is 24.4 Å². The molecule has 1 aliphatic rings. The van der Waals surface area contributed by atoms with E-state index in [2.05, 4.69) is 4.98 Å². The summed E-state index contributed by atoms with van der Waals surface area (Å²) >= 11 is 12.1. The van der Waals surface area contributed by atoms with Gasteiger partial charge < -0.3 is 9.32 Å². The topological polar surface area (TPSA) is 46.3 Å². The van der Waals surface area contributed by atoms with E-state index in [9.17, 15) is 4.79 Å². The Labute approximate surface area is 158 Å². The van der Waals surface area contributed by atoms with Crippen LogP contribution in [0.25, 0.3) is 11.3 Å². The highest BCUT2D eigenvalue weighted by Gasteiger charge is 2.22. The molecule has 1 heterocycles. The molecule has 2 aromatic rings. The van der Waals surface area contributed by atoms with Crippen LogP contribution in [0.3, 0.4) is 0 Å². The molecule has 0 N–H and O–H groups in total. The zero-order valence-corrected chi connectivity index (χ0v) is 15.8. The number of nitrogens with zero attached hydrogens (tertiary/aromatic N) is 2. The van der Waals surface area contributed by atoms with Gasteiger partial charge in [0.2, 0.25) is 5.91 Å². The maximum atomic E-state index is 12.4. The Morgan fingerprint density at radius 1 is 1.28 bits per heavy atom. The lowest BCUT2D eigenvalue weighted by atomic mass is 9.94. The summed E-state index contributed by atoms with van der Waals surface area (Å²) in [4.78, 5) is 18.6. The second kappa shape index (κ2) is 8.24. The predicted molar refractivity (Wildman–Crippen MR) is 99.9 cm³/mol. The molecule has 4 nitrogen and oxygen atoms in total. The highest BCUT2D eigenvalue weighted by atomic mass is 35.5. The van der Waals surface area contributed by atoms with Crippen LogP contribution in [0.1, 0.15) is 44.4 Å². The van der Waals surface area contributed by atoms with Gasteiger partial charge in [0.15, 0.2) is 11.7 Å². The van der Waals surface area contributed by atoms with Crippen molar-refractivity contribution in [1.29, 1.82) is 0 Å². The van der Waals surface area contributed by atoms with E-state index in [0.29, 0.717) is 40.6 Å². The van der Waals surface area contributed by atoms with Crippen LogP contribution >= 0.6 is 23.2 Å². The number of halogens is 2. The van der Waals surface area contributed by atoms with Gasteiger partial charge in [0.1, 0.15) is 0 Å². The zero-order chi connectivity index (χ0) is 17.8. The van der Waals surface area contributed by atoms with Crippen molar-refractivity contribution in [1.82, 2.24) is 9.88 Å². The molecule has 1 aromatic carbocycles. The molecule has 0 bridgehead atoms. The standard InChI is InChI=1S/C19H22Cl2N2O2/c1-23(14-5-3-2-4-6-14)19(24)10-9-18-22-12-17(25-18)15-8-7-13(20)11-16(15)21/h7-8,11-12,14H,2-6,9-10H2,1H3.